The number of amides is 3. The smallest absolute Gasteiger partial charge is 0.262 e. The highest BCUT2D eigenvalue weighted by molar-refractivity contribution is 6.22. The molecule has 6 heteroatoms. The number of rotatable bonds is 2. The third-order valence-electron chi connectivity index (χ3n) is 5.11. The number of hydrogen-bond acceptors (Lipinski definition) is 4. The van der Waals surface area contributed by atoms with Gasteiger partial charge in [-0.05, 0) is 37.9 Å². The van der Waals surface area contributed by atoms with Crippen LogP contribution in [0.4, 0.5) is 0 Å². The summed E-state index contributed by atoms with van der Waals surface area (Å²) in [4.78, 5) is 40.5. The van der Waals surface area contributed by atoms with E-state index < -0.39 is 0 Å². The minimum Gasteiger partial charge on any atom is -0.334 e. The lowest BCUT2D eigenvalue weighted by molar-refractivity contribution is -0.134. The zero-order valence-corrected chi connectivity index (χ0v) is 12.8. The average molecular weight is 313 g/mol. The summed E-state index contributed by atoms with van der Waals surface area (Å²) >= 11 is 0. The van der Waals surface area contributed by atoms with Gasteiger partial charge in [-0.15, -0.1) is 0 Å². The van der Waals surface area contributed by atoms with Crippen LogP contribution in [0.15, 0.2) is 24.3 Å². The van der Waals surface area contributed by atoms with Crippen molar-refractivity contribution in [3.8, 4) is 0 Å². The topological polar surface area (TPSA) is 69.7 Å². The van der Waals surface area contributed by atoms with Gasteiger partial charge < -0.3 is 10.2 Å². The van der Waals surface area contributed by atoms with Crippen LogP contribution in [-0.4, -0.2) is 59.2 Å². The lowest BCUT2D eigenvalue weighted by atomic mass is 10.1. The fourth-order valence-electron chi connectivity index (χ4n) is 3.99. The van der Waals surface area contributed by atoms with Crippen molar-refractivity contribution >= 4 is 17.7 Å². The zero-order valence-electron chi connectivity index (χ0n) is 12.8. The molecule has 3 aliphatic heterocycles. The molecule has 1 aromatic carbocycles. The molecule has 0 radical (unpaired) electrons. The van der Waals surface area contributed by atoms with Crippen LogP contribution in [0, 0.1) is 0 Å². The van der Waals surface area contributed by atoms with E-state index in [1.807, 2.05) is 4.90 Å². The zero-order chi connectivity index (χ0) is 16.0. The molecular formula is C17H19N3O3. The fraction of sp³-hybridized carbons (Fsp3) is 0.471. The Morgan fingerprint density at radius 1 is 1.04 bits per heavy atom. The molecular weight excluding hydrogens is 294 g/mol. The van der Waals surface area contributed by atoms with E-state index in [1.165, 1.54) is 0 Å². The SMILES string of the molecule is O=C1c2ccccc2C(=O)N1CC(=O)N1C2CCNCC1CC2. The summed E-state index contributed by atoms with van der Waals surface area (Å²) in [5.41, 5.74) is 0.789. The lowest BCUT2D eigenvalue weighted by Crippen LogP contribution is -2.48. The first kappa shape index (κ1) is 14.4. The van der Waals surface area contributed by atoms with Gasteiger partial charge in [0.1, 0.15) is 6.54 Å². The minimum absolute atomic E-state index is 0.115. The van der Waals surface area contributed by atoms with Gasteiger partial charge in [0.2, 0.25) is 5.91 Å². The van der Waals surface area contributed by atoms with Crippen LogP contribution in [-0.2, 0) is 4.79 Å². The van der Waals surface area contributed by atoms with Gasteiger partial charge in [0, 0.05) is 18.6 Å². The molecule has 2 saturated heterocycles. The predicted octanol–water partition coefficient (Wildman–Crippen LogP) is 0.635. The van der Waals surface area contributed by atoms with Crippen molar-refractivity contribution in [2.45, 2.75) is 31.3 Å². The minimum atomic E-state index is -0.362. The lowest BCUT2D eigenvalue weighted by Gasteiger charge is -2.29. The Bertz CT molecular complexity index is 638. The van der Waals surface area contributed by atoms with E-state index in [9.17, 15) is 14.4 Å². The van der Waals surface area contributed by atoms with E-state index in [1.54, 1.807) is 24.3 Å². The van der Waals surface area contributed by atoms with Gasteiger partial charge in [0.05, 0.1) is 11.1 Å². The third kappa shape index (κ3) is 2.25. The van der Waals surface area contributed by atoms with Crippen LogP contribution in [0.2, 0.25) is 0 Å². The van der Waals surface area contributed by atoms with Crippen molar-refractivity contribution in [2.24, 2.45) is 0 Å². The fourth-order valence-corrected chi connectivity index (χ4v) is 3.99. The number of nitrogens with zero attached hydrogens (tertiary/aromatic N) is 2. The van der Waals surface area contributed by atoms with Crippen molar-refractivity contribution in [3.05, 3.63) is 35.4 Å². The van der Waals surface area contributed by atoms with Crippen molar-refractivity contribution < 1.29 is 14.4 Å². The molecule has 3 heterocycles. The maximum absolute atomic E-state index is 12.8. The number of nitrogens with one attached hydrogen (secondary N) is 1. The summed E-state index contributed by atoms with van der Waals surface area (Å²) in [6, 6.07) is 7.16. The van der Waals surface area contributed by atoms with Gasteiger partial charge >= 0.3 is 0 Å². The first-order valence-corrected chi connectivity index (χ1v) is 8.14. The molecule has 1 N–H and O–H groups in total. The van der Waals surface area contributed by atoms with Crippen molar-refractivity contribution in [1.82, 2.24) is 15.1 Å². The van der Waals surface area contributed by atoms with Gasteiger partial charge in [-0.1, -0.05) is 12.1 Å². The second-order valence-electron chi connectivity index (χ2n) is 6.42. The maximum Gasteiger partial charge on any atom is 0.262 e. The summed E-state index contributed by atoms with van der Waals surface area (Å²) in [5, 5.41) is 3.35. The largest absolute Gasteiger partial charge is 0.334 e. The molecule has 2 bridgehead atoms. The Hall–Kier alpha value is -2.21. The Morgan fingerprint density at radius 2 is 1.70 bits per heavy atom. The molecule has 4 rings (SSSR count). The molecule has 2 fully saturated rings. The van der Waals surface area contributed by atoms with Crippen molar-refractivity contribution in [1.29, 1.82) is 0 Å². The highest BCUT2D eigenvalue weighted by atomic mass is 16.2. The number of carbonyl (C=O) groups is 3. The Kier molecular flexibility index (Phi) is 3.41. The number of hydrogen-bond donors (Lipinski definition) is 1. The second-order valence-corrected chi connectivity index (χ2v) is 6.42. The van der Waals surface area contributed by atoms with Gasteiger partial charge in [-0.3, -0.25) is 19.3 Å². The van der Waals surface area contributed by atoms with Gasteiger partial charge in [-0.2, -0.15) is 0 Å². The molecule has 3 amide bonds. The highest BCUT2D eigenvalue weighted by Crippen LogP contribution is 2.29. The number of benzene rings is 1. The number of fused-ring (bicyclic) bond motifs is 3. The normalized spacial score (nSPS) is 26.4. The van der Waals surface area contributed by atoms with E-state index >= 15 is 0 Å². The first-order valence-electron chi connectivity index (χ1n) is 8.14. The number of carbonyl (C=O) groups excluding carboxylic acids is 3. The summed E-state index contributed by atoms with van der Waals surface area (Å²) in [7, 11) is 0. The summed E-state index contributed by atoms with van der Waals surface area (Å²) in [6.45, 7) is 1.56. The highest BCUT2D eigenvalue weighted by Gasteiger charge is 2.41. The molecule has 23 heavy (non-hydrogen) atoms. The van der Waals surface area contributed by atoms with Gasteiger partial charge in [0.25, 0.3) is 11.8 Å². The summed E-state index contributed by atoms with van der Waals surface area (Å²) in [5.74, 6) is -0.839. The third-order valence-corrected chi connectivity index (χ3v) is 5.11. The van der Waals surface area contributed by atoms with Crippen LogP contribution in [0.3, 0.4) is 0 Å². The van der Waals surface area contributed by atoms with Gasteiger partial charge in [-0.25, -0.2) is 0 Å². The van der Waals surface area contributed by atoms with Crippen molar-refractivity contribution in [2.75, 3.05) is 19.6 Å². The Morgan fingerprint density at radius 3 is 2.39 bits per heavy atom. The monoisotopic (exact) mass is 313 g/mol. The number of imide groups is 1. The van der Waals surface area contributed by atoms with Crippen LogP contribution < -0.4 is 5.32 Å². The van der Waals surface area contributed by atoms with Crippen LogP contribution in [0.5, 0.6) is 0 Å². The molecule has 6 nitrogen and oxygen atoms in total. The summed E-state index contributed by atoms with van der Waals surface area (Å²) < 4.78 is 0. The predicted molar refractivity (Wildman–Crippen MR) is 83.0 cm³/mol. The second kappa shape index (κ2) is 5.45. The average Bonchev–Trinajstić information content (AvgIpc) is 2.95. The first-order chi connectivity index (χ1) is 11.2. The molecule has 3 aliphatic rings. The van der Waals surface area contributed by atoms with Gasteiger partial charge in [0.15, 0.2) is 0 Å². The molecule has 0 aliphatic carbocycles. The molecule has 2 unspecified atom stereocenters. The summed E-state index contributed by atoms with van der Waals surface area (Å²) in [6.07, 6.45) is 2.94. The van der Waals surface area contributed by atoms with Crippen LogP contribution >= 0.6 is 0 Å². The molecule has 0 spiro atoms. The molecule has 2 atom stereocenters. The van der Waals surface area contributed by atoms with Crippen LogP contribution in [0.25, 0.3) is 0 Å². The quantitative estimate of drug-likeness (QED) is 0.813. The van der Waals surface area contributed by atoms with Crippen LogP contribution in [0.1, 0.15) is 40.0 Å². The van der Waals surface area contributed by atoms with Crippen molar-refractivity contribution in [3.63, 3.8) is 0 Å². The maximum atomic E-state index is 12.8. The molecule has 0 aromatic heterocycles. The Labute approximate surface area is 134 Å². The van der Waals surface area contributed by atoms with E-state index in [0.29, 0.717) is 11.1 Å². The molecule has 0 saturated carbocycles. The van der Waals surface area contributed by atoms with E-state index in [2.05, 4.69) is 5.32 Å². The van der Waals surface area contributed by atoms with E-state index in [0.717, 1.165) is 37.3 Å². The van der Waals surface area contributed by atoms with E-state index in [-0.39, 0.29) is 36.3 Å². The molecule has 1 aromatic rings. The standard InChI is InChI=1S/C17H19N3O3/c21-15(20-11-5-6-12(20)9-18-8-7-11)10-19-16(22)13-3-1-2-4-14(13)17(19)23/h1-4,11-12,18H,5-10H2. The Balaban J connectivity index is 1.54. The van der Waals surface area contributed by atoms with E-state index in [4.69, 9.17) is 0 Å². The molecule has 120 valence electrons.